The molecule has 0 saturated carbocycles. The van der Waals surface area contributed by atoms with Gasteiger partial charge >= 0.3 is 0 Å². The molecule has 3 N–H and O–H groups in total. The molecular weight excluding hydrogens is 289 g/mol. The fraction of sp³-hybridized carbons (Fsp3) is 0. The zero-order valence-electron chi connectivity index (χ0n) is 9.82. The number of anilines is 3. The molecule has 3 aromatic rings. The van der Waals surface area contributed by atoms with Crippen molar-refractivity contribution in [3.8, 4) is 0 Å². The van der Waals surface area contributed by atoms with Crippen molar-refractivity contribution in [1.82, 2.24) is 9.97 Å². The van der Waals surface area contributed by atoms with Gasteiger partial charge in [0.2, 0.25) is 5.95 Å². The molecule has 20 heavy (non-hydrogen) atoms. The first-order valence-electron chi connectivity index (χ1n) is 5.47. The van der Waals surface area contributed by atoms with Crippen molar-refractivity contribution in [2.24, 2.45) is 0 Å². The second-order valence-corrected chi connectivity index (χ2v) is 4.84. The van der Waals surface area contributed by atoms with E-state index < -0.39 is 17.5 Å². The van der Waals surface area contributed by atoms with Gasteiger partial charge in [0.1, 0.15) is 10.6 Å². The van der Waals surface area contributed by atoms with Crippen LogP contribution < -0.4 is 11.1 Å². The monoisotopic (exact) mass is 296 g/mol. The first-order chi connectivity index (χ1) is 9.54. The van der Waals surface area contributed by atoms with Crippen LogP contribution in [0.3, 0.4) is 0 Å². The van der Waals surface area contributed by atoms with Crippen LogP contribution in [0.15, 0.2) is 23.6 Å². The molecule has 102 valence electrons. The summed E-state index contributed by atoms with van der Waals surface area (Å²) in [4.78, 5) is 8.64. The zero-order valence-corrected chi connectivity index (χ0v) is 10.6. The van der Waals surface area contributed by atoms with Gasteiger partial charge in [-0.1, -0.05) is 0 Å². The molecule has 1 aromatic carbocycles. The molecule has 0 saturated heterocycles. The Morgan fingerprint density at radius 3 is 2.50 bits per heavy atom. The molecular formula is C12H7F3N4S. The van der Waals surface area contributed by atoms with Gasteiger partial charge in [-0.15, -0.1) is 11.3 Å². The van der Waals surface area contributed by atoms with E-state index in [2.05, 4.69) is 15.3 Å². The van der Waals surface area contributed by atoms with Gasteiger partial charge < -0.3 is 11.1 Å². The van der Waals surface area contributed by atoms with E-state index in [4.69, 9.17) is 5.73 Å². The van der Waals surface area contributed by atoms with Crippen molar-refractivity contribution in [1.29, 1.82) is 0 Å². The van der Waals surface area contributed by atoms with Gasteiger partial charge in [-0.25, -0.2) is 18.2 Å². The molecule has 0 spiro atoms. The topological polar surface area (TPSA) is 63.8 Å². The highest BCUT2D eigenvalue weighted by molar-refractivity contribution is 7.16. The van der Waals surface area contributed by atoms with Crippen LogP contribution in [-0.4, -0.2) is 9.97 Å². The molecule has 0 radical (unpaired) electrons. The summed E-state index contributed by atoms with van der Waals surface area (Å²) in [6.45, 7) is 0. The van der Waals surface area contributed by atoms with Crippen molar-refractivity contribution < 1.29 is 13.2 Å². The lowest BCUT2D eigenvalue weighted by Crippen LogP contribution is -2.01. The Morgan fingerprint density at radius 1 is 1.10 bits per heavy atom. The Hall–Kier alpha value is -2.35. The minimum Gasteiger partial charge on any atom is -0.368 e. The highest BCUT2D eigenvalue weighted by Crippen LogP contribution is 2.29. The molecule has 0 aliphatic rings. The van der Waals surface area contributed by atoms with Crippen LogP contribution in [0.1, 0.15) is 0 Å². The predicted molar refractivity (Wildman–Crippen MR) is 71.4 cm³/mol. The first-order valence-corrected chi connectivity index (χ1v) is 6.35. The molecule has 0 bridgehead atoms. The van der Waals surface area contributed by atoms with Gasteiger partial charge in [0.25, 0.3) is 0 Å². The van der Waals surface area contributed by atoms with Gasteiger partial charge in [-0.05, 0) is 11.4 Å². The molecule has 8 heteroatoms. The van der Waals surface area contributed by atoms with Gasteiger partial charge in [-0.2, -0.15) is 4.98 Å². The van der Waals surface area contributed by atoms with Gasteiger partial charge in [0.05, 0.1) is 5.39 Å². The number of nitrogens with one attached hydrogen (secondary N) is 1. The van der Waals surface area contributed by atoms with E-state index in [0.717, 1.165) is 12.1 Å². The van der Waals surface area contributed by atoms with Gasteiger partial charge in [0, 0.05) is 17.8 Å². The number of hydrogen-bond donors (Lipinski definition) is 2. The summed E-state index contributed by atoms with van der Waals surface area (Å²) in [7, 11) is 0. The smallest absolute Gasteiger partial charge is 0.223 e. The Kier molecular flexibility index (Phi) is 2.94. The molecule has 0 atom stereocenters. The van der Waals surface area contributed by atoms with E-state index in [9.17, 15) is 13.2 Å². The second kappa shape index (κ2) is 4.64. The lowest BCUT2D eigenvalue weighted by Gasteiger charge is -2.08. The van der Waals surface area contributed by atoms with Crippen molar-refractivity contribution in [3.63, 3.8) is 0 Å². The van der Waals surface area contributed by atoms with Crippen LogP contribution >= 0.6 is 11.3 Å². The molecule has 2 aromatic heterocycles. The largest absolute Gasteiger partial charge is 0.368 e. The quantitative estimate of drug-likeness (QED) is 0.711. The number of benzene rings is 1. The number of halogens is 3. The third-order valence-electron chi connectivity index (χ3n) is 2.59. The number of nitrogens with two attached hydrogens (primary N) is 1. The highest BCUT2D eigenvalue weighted by Gasteiger charge is 2.13. The summed E-state index contributed by atoms with van der Waals surface area (Å²) in [5, 5.41) is 5.16. The Labute approximate surface area is 115 Å². The Balaban J connectivity index is 2.07. The maximum atomic E-state index is 13.2. The predicted octanol–water partition coefficient (Wildman–Crippen LogP) is 3.43. The number of nitrogens with zero attached hydrogens (tertiary/aromatic N) is 2. The molecule has 0 fully saturated rings. The zero-order chi connectivity index (χ0) is 14.3. The summed E-state index contributed by atoms with van der Waals surface area (Å²) in [6.07, 6.45) is 0. The summed E-state index contributed by atoms with van der Waals surface area (Å²) in [5.41, 5.74) is 5.59. The molecule has 2 heterocycles. The average Bonchev–Trinajstić information content (AvgIpc) is 2.84. The van der Waals surface area contributed by atoms with Crippen LogP contribution in [0.4, 0.5) is 30.6 Å². The molecule has 0 aliphatic heterocycles. The minimum absolute atomic E-state index is 0.0329. The molecule has 0 unspecified atom stereocenters. The summed E-state index contributed by atoms with van der Waals surface area (Å²) in [5.74, 6) is -3.74. The van der Waals surface area contributed by atoms with Crippen molar-refractivity contribution in [3.05, 3.63) is 41.0 Å². The number of fused-ring (bicyclic) bond motifs is 1. The third kappa shape index (κ3) is 2.14. The van der Waals surface area contributed by atoms with Crippen LogP contribution in [0, 0.1) is 17.5 Å². The van der Waals surface area contributed by atoms with E-state index in [1.165, 1.54) is 11.3 Å². The lowest BCUT2D eigenvalue weighted by molar-refractivity contribution is 0.448. The van der Waals surface area contributed by atoms with Crippen molar-refractivity contribution in [2.75, 3.05) is 11.1 Å². The molecule has 0 amide bonds. The maximum absolute atomic E-state index is 13.2. The Bertz CT molecular complexity index is 779. The third-order valence-corrected chi connectivity index (χ3v) is 3.40. The maximum Gasteiger partial charge on any atom is 0.223 e. The number of nitrogen functional groups attached to an aromatic ring is 1. The summed E-state index contributed by atoms with van der Waals surface area (Å²) >= 11 is 1.36. The minimum atomic E-state index is -1.52. The molecule has 3 rings (SSSR count). The van der Waals surface area contributed by atoms with E-state index in [0.29, 0.717) is 16.0 Å². The van der Waals surface area contributed by atoms with Gasteiger partial charge in [-0.3, -0.25) is 0 Å². The Morgan fingerprint density at radius 2 is 1.80 bits per heavy atom. The number of rotatable bonds is 2. The standard InChI is InChI=1S/C12H7F3N4S/c13-7-3-5(4-8(14)9(7)15)17-10-6-1-2-20-11(6)19-12(16)18-10/h1-4H,(H3,16,17,18,19). The first kappa shape index (κ1) is 12.7. The van der Waals surface area contributed by atoms with E-state index in [1.807, 2.05) is 0 Å². The van der Waals surface area contributed by atoms with Crippen LogP contribution in [-0.2, 0) is 0 Å². The van der Waals surface area contributed by atoms with Gasteiger partial charge in [0.15, 0.2) is 17.5 Å². The lowest BCUT2D eigenvalue weighted by atomic mass is 10.2. The number of thiophene rings is 1. The fourth-order valence-electron chi connectivity index (χ4n) is 1.73. The van der Waals surface area contributed by atoms with E-state index >= 15 is 0 Å². The average molecular weight is 296 g/mol. The van der Waals surface area contributed by atoms with Crippen molar-refractivity contribution in [2.45, 2.75) is 0 Å². The highest BCUT2D eigenvalue weighted by atomic mass is 32.1. The SMILES string of the molecule is Nc1nc(Nc2cc(F)c(F)c(F)c2)c2ccsc2n1. The van der Waals surface area contributed by atoms with Crippen LogP contribution in [0.2, 0.25) is 0 Å². The van der Waals surface area contributed by atoms with E-state index in [-0.39, 0.29) is 11.6 Å². The summed E-state index contributed by atoms with van der Waals surface area (Å²) < 4.78 is 39.2. The molecule has 4 nitrogen and oxygen atoms in total. The normalized spacial score (nSPS) is 10.9. The molecule has 0 aliphatic carbocycles. The van der Waals surface area contributed by atoms with Crippen molar-refractivity contribution >= 4 is 39.0 Å². The second-order valence-electron chi connectivity index (χ2n) is 3.95. The van der Waals surface area contributed by atoms with Crippen LogP contribution in [0.25, 0.3) is 10.2 Å². The summed E-state index contributed by atoms with van der Waals surface area (Å²) in [6, 6.07) is 3.43. The fourth-order valence-corrected chi connectivity index (χ4v) is 2.50. The number of aromatic nitrogens is 2. The number of hydrogen-bond acceptors (Lipinski definition) is 5. The van der Waals surface area contributed by atoms with E-state index in [1.54, 1.807) is 11.4 Å². The van der Waals surface area contributed by atoms with Crippen LogP contribution in [0.5, 0.6) is 0 Å².